The number of rotatable bonds is 2. The van der Waals surface area contributed by atoms with Gasteiger partial charge in [-0.15, -0.1) is 0 Å². The van der Waals surface area contributed by atoms with Crippen LogP contribution in [0.4, 0.5) is 4.39 Å². The average Bonchev–Trinajstić information content (AvgIpc) is 2.35. The molecule has 1 saturated carbocycles. The third-order valence-electron chi connectivity index (χ3n) is 3.86. The molecule has 1 N–H and O–H groups in total. The van der Waals surface area contributed by atoms with Gasteiger partial charge in [0, 0.05) is 11.6 Å². The number of carbonyl (C=O) groups excluding carboxylic acids is 1. The lowest BCUT2D eigenvalue weighted by Gasteiger charge is -2.34. The van der Waals surface area contributed by atoms with Crippen molar-refractivity contribution < 1.29 is 9.18 Å². The van der Waals surface area contributed by atoms with Gasteiger partial charge < -0.3 is 5.32 Å². The van der Waals surface area contributed by atoms with Gasteiger partial charge in [0.1, 0.15) is 5.82 Å². The van der Waals surface area contributed by atoms with Crippen molar-refractivity contribution in [3.05, 3.63) is 34.1 Å². The van der Waals surface area contributed by atoms with Gasteiger partial charge in [0.15, 0.2) is 0 Å². The smallest absolute Gasteiger partial charge is 0.251 e. The minimum Gasteiger partial charge on any atom is -0.349 e. The molecular formula is C15H19BrFNO. The Balaban J connectivity index is 1.96. The molecule has 0 spiro atoms. The fourth-order valence-corrected chi connectivity index (χ4v) is 2.83. The largest absolute Gasteiger partial charge is 0.349 e. The highest BCUT2D eigenvalue weighted by molar-refractivity contribution is 9.10. The molecular weight excluding hydrogens is 309 g/mol. The van der Waals surface area contributed by atoms with E-state index in [4.69, 9.17) is 0 Å². The van der Waals surface area contributed by atoms with Gasteiger partial charge in [0.2, 0.25) is 0 Å². The summed E-state index contributed by atoms with van der Waals surface area (Å²) in [6.07, 6.45) is 4.29. The van der Waals surface area contributed by atoms with Crippen molar-refractivity contribution in [3.8, 4) is 0 Å². The predicted molar refractivity (Wildman–Crippen MR) is 77.6 cm³/mol. The number of hydrogen-bond acceptors (Lipinski definition) is 1. The van der Waals surface area contributed by atoms with E-state index in [1.165, 1.54) is 18.2 Å². The maximum atomic E-state index is 13.1. The molecule has 0 aromatic heterocycles. The highest BCUT2D eigenvalue weighted by Gasteiger charge is 2.27. The van der Waals surface area contributed by atoms with Crippen LogP contribution in [0.15, 0.2) is 22.7 Å². The number of nitrogens with one attached hydrogen (secondary N) is 1. The molecule has 1 aliphatic carbocycles. The second-order valence-corrected chi connectivity index (χ2v) is 6.90. The minimum absolute atomic E-state index is 0.120. The molecule has 0 aliphatic heterocycles. The third-order valence-corrected chi connectivity index (χ3v) is 4.46. The standard InChI is InChI=1S/C15H19BrFNO/c1-15(2)7-5-11(6-8-15)18-14(19)10-3-4-13(17)12(16)9-10/h3-4,9,11H,5-8H2,1-2H3,(H,18,19). The summed E-state index contributed by atoms with van der Waals surface area (Å²) in [6, 6.07) is 4.59. The number of carbonyl (C=O) groups is 1. The second-order valence-electron chi connectivity index (χ2n) is 6.04. The summed E-state index contributed by atoms with van der Waals surface area (Å²) < 4.78 is 13.5. The SMILES string of the molecule is CC1(C)CCC(NC(=O)c2ccc(F)c(Br)c2)CC1. The number of hydrogen-bond donors (Lipinski definition) is 1. The lowest BCUT2D eigenvalue weighted by molar-refractivity contribution is 0.0909. The number of amides is 1. The van der Waals surface area contributed by atoms with E-state index in [0.717, 1.165) is 25.7 Å². The maximum Gasteiger partial charge on any atom is 0.251 e. The molecule has 0 bridgehead atoms. The van der Waals surface area contributed by atoms with Gasteiger partial charge in [-0.25, -0.2) is 4.39 Å². The first-order chi connectivity index (χ1) is 8.87. The van der Waals surface area contributed by atoms with Crippen molar-refractivity contribution in [3.63, 3.8) is 0 Å². The summed E-state index contributed by atoms with van der Waals surface area (Å²) in [5.74, 6) is -0.471. The van der Waals surface area contributed by atoms with E-state index in [9.17, 15) is 9.18 Å². The van der Waals surface area contributed by atoms with Gasteiger partial charge in [0.05, 0.1) is 4.47 Å². The molecule has 1 fully saturated rings. The Kier molecular flexibility index (Phi) is 4.29. The second kappa shape index (κ2) is 5.61. The van der Waals surface area contributed by atoms with Crippen molar-refractivity contribution in [1.82, 2.24) is 5.32 Å². The first-order valence-electron chi connectivity index (χ1n) is 6.63. The van der Waals surface area contributed by atoms with E-state index < -0.39 is 0 Å². The van der Waals surface area contributed by atoms with Crippen LogP contribution in [-0.2, 0) is 0 Å². The molecule has 1 aliphatic rings. The Labute approximate surface area is 121 Å². The molecule has 2 rings (SSSR count). The van der Waals surface area contributed by atoms with Crippen LogP contribution in [-0.4, -0.2) is 11.9 Å². The van der Waals surface area contributed by atoms with Gasteiger partial charge in [-0.1, -0.05) is 13.8 Å². The molecule has 4 heteroatoms. The zero-order chi connectivity index (χ0) is 14.0. The van der Waals surface area contributed by atoms with Crippen LogP contribution in [0.25, 0.3) is 0 Å². The quantitative estimate of drug-likeness (QED) is 0.862. The van der Waals surface area contributed by atoms with Crippen LogP contribution in [0.3, 0.4) is 0 Å². The minimum atomic E-state index is -0.351. The predicted octanol–water partition coefficient (Wildman–Crippen LogP) is 4.29. The lowest BCUT2D eigenvalue weighted by atomic mass is 9.75. The number of benzene rings is 1. The Morgan fingerprint density at radius 3 is 2.58 bits per heavy atom. The zero-order valence-electron chi connectivity index (χ0n) is 11.3. The van der Waals surface area contributed by atoms with Gasteiger partial charge in [0.25, 0.3) is 5.91 Å². The van der Waals surface area contributed by atoms with Gasteiger partial charge in [-0.2, -0.15) is 0 Å². The topological polar surface area (TPSA) is 29.1 Å². The highest BCUT2D eigenvalue weighted by Crippen LogP contribution is 2.35. The molecule has 2 nitrogen and oxygen atoms in total. The van der Waals surface area contributed by atoms with Crippen molar-refractivity contribution in [2.45, 2.75) is 45.6 Å². The van der Waals surface area contributed by atoms with Crippen LogP contribution < -0.4 is 5.32 Å². The lowest BCUT2D eigenvalue weighted by Crippen LogP contribution is -2.39. The van der Waals surface area contributed by atoms with Crippen molar-refractivity contribution in [2.24, 2.45) is 5.41 Å². The summed E-state index contributed by atoms with van der Waals surface area (Å²) >= 11 is 3.10. The zero-order valence-corrected chi connectivity index (χ0v) is 12.9. The van der Waals surface area contributed by atoms with Crippen molar-refractivity contribution in [1.29, 1.82) is 0 Å². The van der Waals surface area contributed by atoms with Crippen molar-refractivity contribution in [2.75, 3.05) is 0 Å². The Bertz CT molecular complexity index is 477. The van der Waals surface area contributed by atoms with Crippen LogP contribution in [0.2, 0.25) is 0 Å². The average molecular weight is 328 g/mol. The summed E-state index contributed by atoms with van der Waals surface area (Å²) in [5, 5.41) is 3.04. The molecule has 0 heterocycles. The van der Waals surface area contributed by atoms with E-state index in [1.54, 1.807) is 0 Å². The molecule has 0 saturated heterocycles. The first kappa shape index (κ1) is 14.5. The van der Waals surface area contributed by atoms with Crippen LogP contribution in [0.5, 0.6) is 0 Å². The molecule has 1 aromatic rings. The Hall–Kier alpha value is -0.900. The third kappa shape index (κ3) is 3.78. The van der Waals surface area contributed by atoms with Gasteiger partial charge in [-0.3, -0.25) is 4.79 Å². The van der Waals surface area contributed by atoms with Gasteiger partial charge >= 0.3 is 0 Å². The molecule has 19 heavy (non-hydrogen) atoms. The fraction of sp³-hybridized carbons (Fsp3) is 0.533. The molecule has 0 atom stereocenters. The van der Waals surface area contributed by atoms with Crippen LogP contribution in [0, 0.1) is 11.2 Å². The van der Waals surface area contributed by atoms with Crippen molar-refractivity contribution >= 4 is 21.8 Å². The summed E-state index contributed by atoms with van der Waals surface area (Å²) in [7, 11) is 0. The summed E-state index contributed by atoms with van der Waals surface area (Å²) in [6.45, 7) is 4.53. The molecule has 1 aromatic carbocycles. The molecule has 0 unspecified atom stereocenters. The van der Waals surface area contributed by atoms with E-state index in [2.05, 4.69) is 35.1 Å². The molecule has 0 radical (unpaired) electrons. The van der Waals surface area contributed by atoms with E-state index in [0.29, 0.717) is 15.5 Å². The molecule has 104 valence electrons. The maximum absolute atomic E-state index is 13.1. The van der Waals surface area contributed by atoms with Crippen LogP contribution >= 0.6 is 15.9 Å². The summed E-state index contributed by atoms with van der Waals surface area (Å²) in [5.41, 5.74) is 0.887. The number of halogens is 2. The van der Waals surface area contributed by atoms with E-state index >= 15 is 0 Å². The molecule has 1 amide bonds. The fourth-order valence-electron chi connectivity index (χ4n) is 2.45. The summed E-state index contributed by atoms with van der Waals surface area (Å²) in [4.78, 5) is 12.1. The monoisotopic (exact) mass is 327 g/mol. The van der Waals surface area contributed by atoms with E-state index in [1.807, 2.05) is 0 Å². The normalized spacial score (nSPS) is 19.2. The Morgan fingerprint density at radius 1 is 1.37 bits per heavy atom. The van der Waals surface area contributed by atoms with E-state index in [-0.39, 0.29) is 17.8 Å². The first-order valence-corrected chi connectivity index (χ1v) is 7.43. The Morgan fingerprint density at radius 2 is 2.00 bits per heavy atom. The van der Waals surface area contributed by atoms with Crippen LogP contribution in [0.1, 0.15) is 49.9 Å². The van der Waals surface area contributed by atoms with Gasteiger partial charge in [-0.05, 0) is 65.2 Å². The highest BCUT2D eigenvalue weighted by atomic mass is 79.9.